The molecular weight excluding hydrogens is 416 g/mol. The van der Waals surface area contributed by atoms with Crippen LogP contribution in [0.1, 0.15) is 28.7 Å². The van der Waals surface area contributed by atoms with Gasteiger partial charge in [-0.15, -0.1) is 0 Å². The molecule has 0 unspecified atom stereocenters. The standard InChI is InChI=1S/C15H11F6N3O3S/c1-2-28(26,27)9-4-3-5-22-12(9)13(25)24-11-7-8(14(16,17)18)6-10(23-11)15(19,20)21/h3-7H,2H2,1H3,(H,23,24,25). The average Bonchev–Trinajstić information content (AvgIpc) is 2.60. The van der Waals surface area contributed by atoms with Crippen LogP contribution in [0.4, 0.5) is 32.2 Å². The van der Waals surface area contributed by atoms with Crippen LogP contribution in [0.15, 0.2) is 35.4 Å². The number of pyridine rings is 2. The highest BCUT2D eigenvalue weighted by Gasteiger charge is 2.38. The number of anilines is 1. The first-order valence-corrected chi connectivity index (χ1v) is 9.06. The van der Waals surface area contributed by atoms with E-state index in [9.17, 15) is 39.6 Å². The molecule has 0 bridgehead atoms. The minimum atomic E-state index is -5.21. The summed E-state index contributed by atoms with van der Waals surface area (Å²) in [5.41, 5.74) is -4.25. The molecule has 13 heteroatoms. The Kier molecular flexibility index (Phi) is 5.69. The maximum Gasteiger partial charge on any atom is 0.433 e. The van der Waals surface area contributed by atoms with E-state index in [4.69, 9.17) is 0 Å². The molecule has 0 aliphatic heterocycles. The molecule has 28 heavy (non-hydrogen) atoms. The fourth-order valence-corrected chi connectivity index (χ4v) is 3.08. The summed E-state index contributed by atoms with van der Waals surface area (Å²) in [4.78, 5) is 18.3. The third kappa shape index (κ3) is 4.77. The maximum atomic E-state index is 12.9. The van der Waals surface area contributed by atoms with E-state index in [1.165, 1.54) is 13.0 Å². The van der Waals surface area contributed by atoms with Crippen LogP contribution in [0, 0.1) is 0 Å². The van der Waals surface area contributed by atoms with Gasteiger partial charge in [0.25, 0.3) is 5.91 Å². The van der Waals surface area contributed by atoms with Gasteiger partial charge < -0.3 is 5.32 Å². The molecular formula is C15H11F6N3O3S. The summed E-state index contributed by atoms with van der Waals surface area (Å²) in [6.45, 7) is 1.29. The smallest absolute Gasteiger partial charge is 0.305 e. The maximum absolute atomic E-state index is 12.9. The van der Waals surface area contributed by atoms with Gasteiger partial charge in [0.05, 0.1) is 16.2 Å². The van der Waals surface area contributed by atoms with Crippen molar-refractivity contribution in [2.24, 2.45) is 0 Å². The number of alkyl halides is 6. The molecule has 0 aromatic carbocycles. The number of hydrogen-bond donors (Lipinski definition) is 1. The van der Waals surface area contributed by atoms with Crippen molar-refractivity contribution in [1.82, 2.24) is 9.97 Å². The van der Waals surface area contributed by atoms with Crippen molar-refractivity contribution in [3.63, 3.8) is 0 Å². The number of nitrogens with one attached hydrogen (secondary N) is 1. The molecule has 0 aliphatic carbocycles. The summed E-state index contributed by atoms with van der Waals surface area (Å²) >= 11 is 0. The quantitative estimate of drug-likeness (QED) is 0.754. The third-order valence-corrected chi connectivity index (χ3v) is 5.15. The highest BCUT2D eigenvalue weighted by molar-refractivity contribution is 7.91. The van der Waals surface area contributed by atoms with Gasteiger partial charge in [0.2, 0.25) is 0 Å². The van der Waals surface area contributed by atoms with Crippen LogP contribution in [-0.4, -0.2) is 30.0 Å². The predicted molar refractivity (Wildman–Crippen MR) is 84.2 cm³/mol. The Labute approximate surface area is 154 Å². The first-order chi connectivity index (χ1) is 12.8. The molecule has 0 spiro atoms. The van der Waals surface area contributed by atoms with Crippen LogP contribution in [-0.2, 0) is 22.2 Å². The first kappa shape index (κ1) is 21.6. The number of nitrogens with zero attached hydrogens (tertiary/aromatic N) is 2. The van der Waals surface area contributed by atoms with E-state index < -0.39 is 61.5 Å². The van der Waals surface area contributed by atoms with Gasteiger partial charge >= 0.3 is 12.4 Å². The van der Waals surface area contributed by atoms with Gasteiger partial charge in [0, 0.05) is 6.20 Å². The average molecular weight is 427 g/mol. The third-order valence-electron chi connectivity index (χ3n) is 3.39. The summed E-state index contributed by atoms with van der Waals surface area (Å²) in [5.74, 6) is -2.79. The number of carbonyl (C=O) groups is 1. The van der Waals surface area contributed by atoms with Crippen molar-refractivity contribution in [2.75, 3.05) is 11.1 Å². The van der Waals surface area contributed by atoms with Gasteiger partial charge in [-0.2, -0.15) is 26.3 Å². The van der Waals surface area contributed by atoms with Crippen LogP contribution in [0.25, 0.3) is 0 Å². The molecule has 2 heterocycles. The highest BCUT2D eigenvalue weighted by atomic mass is 32.2. The summed E-state index contributed by atoms with van der Waals surface area (Å²) in [5, 5.41) is 1.74. The molecule has 0 saturated heterocycles. The predicted octanol–water partition coefficient (Wildman–Crippen LogP) is 3.56. The molecule has 0 saturated carbocycles. The Morgan fingerprint density at radius 1 is 1.11 bits per heavy atom. The molecule has 2 aromatic heterocycles. The van der Waals surface area contributed by atoms with E-state index in [0.717, 1.165) is 12.3 Å². The zero-order valence-electron chi connectivity index (χ0n) is 13.9. The second-order valence-electron chi connectivity index (χ2n) is 5.33. The van der Waals surface area contributed by atoms with Crippen molar-refractivity contribution in [1.29, 1.82) is 0 Å². The first-order valence-electron chi connectivity index (χ1n) is 7.41. The Morgan fingerprint density at radius 2 is 1.75 bits per heavy atom. The summed E-state index contributed by atoms with van der Waals surface area (Å²) in [7, 11) is -3.93. The van der Waals surface area contributed by atoms with Crippen LogP contribution in [0.3, 0.4) is 0 Å². The van der Waals surface area contributed by atoms with Crippen LogP contribution in [0.2, 0.25) is 0 Å². The Morgan fingerprint density at radius 3 is 2.29 bits per heavy atom. The molecule has 152 valence electrons. The molecule has 6 nitrogen and oxygen atoms in total. The number of hydrogen-bond acceptors (Lipinski definition) is 5. The molecule has 1 amide bonds. The Hall–Kier alpha value is -2.70. The molecule has 1 N–H and O–H groups in total. The van der Waals surface area contributed by atoms with Gasteiger partial charge in [-0.05, 0) is 24.3 Å². The van der Waals surface area contributed by atoms with Gasteiger partial charge in [0.1, 0.15) is 17.2 Å². The van der Waals surface area contributed by atoms with Crippen LogP contribution in [0.5, 0.6) is 0 Å². The molecule has 0 radical (unpaired) electrons. The van der Waals surface area contributed by atoms with E-state index in [2.05, 4.69) is 9.97 Å². The van der Waals surface area contributed by atoms with Gasteiger partial charge in [-0.3, -0.25) is 4.79 Å². The zero-order chi connectivity index (χ0) is 21.3. The number of carbonyl (C=O) groups excluding carboxylic acids is 1. The zero-order valence-corrected chi connectivity index (χ0v) is 14.7. The fourth-order valence-electron chi connectivity index (χ4n) is 2.05. The van der Waals surface area contributed by atoms with Gasteiger partial charge in [0.15, 0.2) is 9.84 Å². The summed E-state index contributed by atoms with van der Waals surface area (Å²) in [6.07, 6.45) is -9.29. The lowest BCUT2D eigenvalue weighted by atomic mass is 10.2. The monoisotopic (exact) mass is 427 g/mol. The van der Waals surface area contributed by atoms with E-state index in [0.29, 0.717) is 0 Å². The molecule has 2 aromatic rings. The van der Waals surface area contributed by atoms with Crippen LogP contribution >= 0.6 is 0 Å². The highest BCUT2D eigenvalue weighted by Crippen LogP contribution is 2.35. The Bertz CT molecular complexity index is 971. The lowest BCUT2D eigenvalue weighted by molar-refractivity contribution is -0.145. The number of amides is 1. The van der Waals surface area contributed by atoms with E-state index in [1.54, 1.807) is 5.32 Å². The van der Waals surface area contributed by atoms with Crippen molar-refractivity contribution in [3.8, 4) is 0 Å². The number of rotatable bonds is 4. The minimum Gasteiger partial charge on any atom is -0.305 e. The van der Waals surface area contributed by atoms with Crippen molar-refractivity contribution in [2.45, 2.75) is 24.2 Å². The summed E-state index contributed by atoms with van der Waals surface area (Å²) < 4.78 is 101. The minimum absolute atomic E-state index is 0.198. The van der Waals surface area contributed by atoms with Crippen LogP contribution < -0.4 is 5.32 Å². The lowest BCUT2D eigenvalue weighted by Crippen LogP contribution is -2.21. The lowest BCUT2D eigenvalue weighted by Gasteiger charge is -2.14. The number of sulfone groups is 1. The topological polar surface area (TPSA) is 89.0 Å². The van der Waals surface area contributed by atoms with Crippen molar-refractivity contribution < 1.29 is 39.6 Å². The SMILES string of the molecule is CCS(=O)(=O)c1cccnc1C(=O)Nc1cc(C(F)(F)F)cc(C(F)(F)F)n1. The second-order valence-corrected chi connectivity index (χ2v) is 7.58. The van der Waals surface area contributed by atoms with Crippen molar-refractivity contribution >= 4 is 21.6 Å². The molecule has 0 atom stereocenters. The van der Waals surface area contributed by atoms with E-state index in [1.807, 2.05) is 0 Å². The van der Waals surface area contributed by atoms with Gasteiger partial charge in [-0.25, -0.2) is 18.4 Å². The molecule has 0 fully saturated rings. The normalized spacial score (nSPS) is 12.7. The molecule has 2 rings (SSSR count). The number of aromatic nitrogens is 2. The van der Waals surface area contributed by atoms with E-state index in [-0.39, 0.29) is 12.1 Å². The second kappa shape index (κ2) is 7.37. The Balaban J connectivity index is 2.51. The van der Waals surface area contributed by atoms with Crippen molar-refractivity contribution in [3.05, 3.63) is 47.4 Å². The fraction of sp³-hybridized carbons (Fsp3) is 0.267. The molecule has 0 aliphatic rings. The largest absolute Gasteiger partial charge is 0.433 e. The van der Waals surface area contributed by atoms with E-state index >= 15 is 0 Å². The summed E-state index contributed by atoms with van der Waals surface area (Å²) in [6, 6.07) is 2.25. The number of halogens is 6. The van der Waals surface area contributed by atoms with Gasteiger partial charge in [-0.1, -0.05) is 6.92 Å².